The summed E-state index contributed by atoms with van der Waals surface area (Å²) in [6.45, 7) is 3.84. The van der Waals surface area contributed by atoms with Gasteiger partial charge >= 0.3 is 0 Å². The van der Waals surface area contributed by atoms with Crippen LogP contribution in [0, 0.1) is 11.8 Å². The summed E-state index contributed by atoms with van der Waals surface area (Å²) in [5.74, 6) is 5.04. The van der Waals surface area contributed by atoms with Gasteiger partial charge in [0.1, 0.15) is 0 Å². The number of carbonyl (C=O) groups is 2. The molecule has 0 unspecified atom stereocenters. The van der Waals surface area contributed by atoms with Gasteiger partial charge in [-0.05, 0) is 30.5 Å². The van der Waals surface area contributed by atoms with E-state index in [1.807, 2.05) is 12.1 Å². The summed E-state index contributed by atoms with van der Waals surface area (Å²) >= 11 is 5.82. The van der Waals surface area contributed by atoms with Crippen molar-refractivity contribution >= 4 is 23.4 Å². The largest absolute Gasteiger partial charge is 0.339 e. The van der Waals surface area contributed by atoms with Crippen molar-refractivity contribution in [2.24, 2.45) is 0 Å². The van der Waals surface area contributed by atoms with Gasteiger partial charge in [0.25, 0.3) is 5.91 Å². The highest BCUT2D eigenvalue weighted by Crippen LogP contribution is 2.11. The average Bonchev–Trinajstić information content (AvgIpc) is 2.50. The number of rotatable bonds is 2. The molecule has 1 heterocycles. The highest BCUT2D eigenvalue weighted by atomic mass is 35.5. The third kappa shape index (κ3) is 4.24. The molecular formula is C16H17ClN2O2. The highest BCUT2D eigenvalue weighted by Gasteiger charge is 2.23. The second kappa shape index (κ2) is 7.14. The Kier molecular flexibility index (Phi) is 5.24. The number of hydrogen-bond acceptors (Lipinski definition) is 2. The van der Waals surface area contributed by atoms with Crippen molar-refractivity contribution in [3.05, 3.63) is 34.9 Å². The molecule has 0 atom stereocenters. The summed E-state index contributed by atoms with van der Waals surface area (Å²) < 4.78 is 0. The average molecular weight is 305 g/mol. The summed E-state index contributed by atoms with van der Waals surface area (Å²) in [6.07, 6.45) is 0.361. The van der Waals surface area contributed by atoms with Crippen molar-refractivity contribution < 1.29 is 9.59 Å². The zero-order valence-corrected chi connectivity index (χ0v) is 12.7. The van der Waals surface area contributed by atoms with E-state index in [1.54, 1.807) is 28.9 Å². The Morgan fingerprint density at radius 2 is 1.67 bits per heavy atom. The van der Waals surface area contributed by atoms with Crippen molar-refractivity contribution in [2.75, 3.05) is 26.2 Å². The summed E-state index contributed by atoms with van der Waals surface area (Å²) in [5, 5.41) is 0.662. The van der Waals surface area contributed by atoms with Crippen molar-refractivity contribution in [3.8, 4) is 11.8 Å². The molecule has 2 amide bonds. The van der Waals surface area contributed by atoms with Gasteiger partial charge in [-0.25, -0.2) is 0 Å². The molecular weight excluding hydrogens is 288 g/mol. The van der Waals surface area contributed by atoms with Crippen LogP contribution in [-0.2, 0) is 16.0 Å². The van der Waals surface area contributed by atoms with Crippen LogP contribution in [0.1, 0.15) is 12.5 Å². The normalized spacial score (nSPS) is 14.4. The lowest BCUT2D eigenvalue weighted by Crippen LogP contribution is -2.50. The fourth-order valence-corrected chi connectivity index (χ4v) is 2.36. The van der Waals surface area contributed by atoms with Gasteiger partial charge in [-0.3, -0.25) is 9.59 Å². The maximum atomic E-state index is 12.2. The fourth-order valence-electron chi connectivity index (χ4n) is 2.23. The monoisotopic (exact) mass is 304 g/mol. The number of hydrogen-bond donors (Lipinski definition) is 0. The van der Waals surface area contributed by atoms with E-state index in [9.17, 15) is 9.59 Å². The van der Waals surface area contributed by atoms with E-state index in [-0.39, 0.29) is 11.8 Å². The Morgan fingerprint density at radius 3 is 2.24 bits per heavy atom. The van der Waals surface area contributed by atoms with Gasteiger partial charge in [0.2, 0.25) is 5.91 Å². The molecule has 110 valence electrons. The Labute approximate surface area is 129 Å². The van der Waals surface area contributed by atoms with E-state index >= 15 is 0 Å². The van der Waals surface area contributed by atoms with Crippen molar-refractivity contribution in [3.63, 3.8) is 0 Å². The first-order chi connectivity index (χ1) is 10.1. The van der Waals surface area contributed by atoms with E-state index in [2.05, 4.69) is 11.8 Å². The molecule has 2 rings (SSSR count). The fraction of sp³-hybridized carbons (Fsp3) is 0.375. The molecule has 1 aromatic rings. The number of piperazine rings is 1. The molecule has 1 aliphatic rings. The van der Waals surface area contributed by atoms with Crippen molar-refractivity contribution in [1.29, 1.82) is 0 Å². The smallest absolute Gasteiger partial charge is 0.298 e. The van der Waals surface area contributed by atoms with Crippen molar-refractivity contribution in [1.82, 2.24) is 9.80 Å². The molecule has 1 aliphatic heterocycles. The number of nitrogens with zero attached hydrogens (tertiary/aromatic N) is 2. The van der Waals surface area contributed by atoms with Gasteiger partial charge in [0, 0.05) is 31.2 Å². The van der Waals surface area contributed by atoms with Gasteiger partial charge in [0.05, 0.1) is 6.42 Å². The molecule has 1 aromatic carbocycles. The molecule has 1 saturated heterocycles. The zero-order valence-electron chi connectivity index (χ0n) is 11.9. The van der Waals surface area contributed by atoms with Crippen LogP contribution in [0.3, 0.4) is 0 Å². The molecule has 1 fully saturated rings. The highest BCUT2D eigenvalue weighted by molar-refractivity contribution is 6.30. The van der Waals surface area contributed by atoms with Crippen LogP contribution in [0.4, 0.5) is 0 Å². The Balaban J connectivity index is 1.86. The van der Waals surface area contributed by atoms with Gasteiger partial charge in [-0.15, -0.1) is 0 Å². The molecule has 21 heavy (non-hydrogen) atoms. The zero-order chi connectivity index (χ0) is 15.2. The lowest BCUT2D eigenvalue weighted by molar-refractivity contribution is -0.136. The summed E-state index contributed by atoms with van der Waals surface area (Å²) in [6, 6.07) is 7.28. The molecule has 4 nitrogen and oxygen atoms in total. The minimum atomic E-state index is -0.165. The predicted molar refractivity (Wildman–Crippen MR) is 81.8 cm³/mol. The quantitative estimate of drug-likeness (QED) is 0.778. The number of amides is 2. The van der Waals surface area contributed by atoms with Crippen molar-refractivity contribution in [2.45, 2.75) is 13.3 Å². The van der Waals surface area contributed by atoms with Crippen LogP contribution in [-0.4, -0.2) is 47.8 Å². The minimum absolute atomic E-state index is 0.0750. The number of halogens is 1. The first-order valence-corrected chi connectivity index (χ1v) is 7.22. The van der Waals surface area contributed by atoms with Crippen LogP contribution in [0.15, 0.2) is 24.3 Å². The first-order valence-electron chi connectivity index (χ1n) is 6.84. The van der Waals surface area contributed by atoms with Crippen LogP contribution in [0.5, 0.6) is 0 Å². The second-order valence-corrected chi connectivity index (χ2v) is 5.29. The van der Waals surface area contributed by atoms with Crippen LogP contribution in [0.25, 0.3) is 0 Å². The second-order valence-electron chi connectivity index (χ2n) is 4.85. The molecule has 0 radical (unpaired) electrons. The summed E-state index contributed by atoms with van der Waals surface area (Å²) in [4.78, 5) is 27.3. The standard InChI is InChI=1S/C16H17ClN2O2/c1-2-3-15(20)18-8-10-19(11-9-18)16(21)12-13-4-6-14(17)7-5-13/h4-7H,8-12H2,1H3. The number of benzene rings is 1. The van der Waals surface area contributed by atoms with E-state index in [4.69, 9.17) is 11.6 Å². The minimum Gasteiger partial charge on any atom is -0.339 e. The van der Waals surface area contributed by atoms with Gasteiger partial charge < -0.3 is 9.80 Å². The van der Waals surface area contributed by atoms with Gasteiger partial charge in [-0.2, -0.15) is 0 Å². The molecule has 5 heteroatoms. The third-order valence-electron chi connectivity index (χ3n) is 3.42. The van der Waals surface area contributed by atoms with E-state index in [1.165, 1.54) is 0 Å². The topological polar surface area (TPSA) is 40.6 Å². The maximum absolute atomic E-state index is 12.2. The van der Waals surface area contributed by atoms with Gasteiger partial charge in [-0.1, -0.05) is 29.7 Å². The maximum Gasteiger partial charge on any atom is 0.298 e. The van der Waals surface area contributed by atoms with Gasteiger partial charge in [0.15, 0.2) is 0 Å². The molecule has 0 N–H and O–H groups in total. The lowest BCUT2D eigenvalue weighted by atomic mass is 10.1. The third-order valence-corrected chi connectivity index (χ3v) is 3.67. The molecule has 0 saturated carbocycles. The molecule has 0 aromatic heterocycles. The predicted octanol–water partition coefficient (Wildman–Crippen LogP) is 1.58. The van der Waals surface area contributed by atoms with E-state index < -0.39 is 0 Å². The van der Waals surface area contributed by atoms with E-state index in [0.29, 0.717) is 37.6 Å². The van der Waals surface area contributed by atoms with E-state index in [0.717, 1.165) is 5.56 Å². The molecule has 0 spiro atoms. The lowest BCUT2D eigenvalue weighted by Gasteiger charge is -2.33. The SMILES string of the molecule is CC#CC(=O)N1CCN(C(=O)Cc2ccc(Cl)cc2)CC1. The van der Waals surface area contributed by atoms with Crippen LogP contribution in [0.2, 0.25) is 5.02 Å². The Bertz CT molecular complexity index is 579. The Morgan fingerprint density at radius 1 is 1.10 bits per heavy atom. The van der Waals surface area contributed by atoms with Crippen LogP contribution >= 0.6 is 11.6 Å². The van der Waals surface area contributed by atoms with Crippen LogP contribution < -0.4 is 0 Å². The molecule has 0 bridgehead atoms. The first kappa shape index (κ1) is 15.4. The number of carbonyl (C=O) groups excluding carboxylic acids is 2. The molecule has 0 aliphatic carbocycles. The Hall–Kier alpha value is -1.99. The summed E-state index contributed by atoms with van der Waals surface area (Å²) in [5.41, 5.74) is 0.944. The summed E-state index contributed by atoms with van der Waals surface area (Å²) in [7, 11) is 0.